The average molecular weight is 302 g/mol. The SMILES string of the molecule is O=Cc1cc(-c2ccc(/N=N/c3ccccc3)cc2)ccc1O. The van der Waals surface area contributed by atoms with Crippen LogP contribution >= 0.6 is 0 Å². The Balaban J connectivity index is 1.82. The van der Waals surface area contributed by atoms with Gasteiger partial charge in [-0.25, -0.2) is 0 Å². The fourth-order valence-electron chi connectivity index (χ4n) is 2.16. The number of phenols is 1. The lowest BCUT2D eigenvalue weighted by Gasteiger charge is -2.04. The van der Waals surface area contributed by atoms with Gasteiger partial charge in [0.15, 0.2) is 6.29 Å². The second kappa shape index (κ2) is 6.66. The van der Waals surface area contributed by atoms with E-state index < -0.39 is 0 Å². The lowest BCUT2D eigenvalue weighted by molar-refractivity contribution is 0.112. The molecular weight excluding hydrogens is 288 g/mol. The van der Waals surface area contributed by atoms with Gasteiger partial charge in [0.25, 0.3) is 0 Å². The van der Waals surface area contributed by atoms with Gasteiger partial charge >= 0.3 is 0 Å². The highest BCUT2D eigenvalue weighted by molar-refractivity contribution is 5.82. The number of rotatable bonds is 4. The third-order valence-corrected chi connectivity index (χ3v) is 3.39. The Bertz CT molecular complexity index is 841. The first kappa shape index (κ1) is 14.7. The zero-order valence-electron chi connectivity index (χ0n) is 12.3. The molecule has 0 radical (unpaired) electrons. The number of aromatic hydroxyl groups is 1. The van der Waals surface area contributed by atoms with E-state index in [1.165, 1.54) is 6.07 Å². The van der Waals surface area contributed by atoms with E-state index in [2.05, 4.69) is 10.2 Å². The molecule has 3 rings (SSSR count). The maximum absolute atomic E-state index is 10.9. The van der Waals surface area contributed by atoms with Crippen LogP contribution < -0.4 is 0 Å². The summed E-state index contributed by atoms with van der Waals surface area (Å²) in [5.74, 6) is -0.0166. The van der Waals surface area contributed by atoms with Gasteiger partial charge in [0.05, 0.1) is 16.9 Å². The Morgan fingerprint density at radius 2 is 1.35 bits per heavy atom. The molecule has 0 unspecified atom stereocenters. The fraction of sp³-hybridized carbons (Fsp3) is 0. The van der Waals surface area contributed by atoms with Crippen LogP contribution in [0.3, 0.4) is 0 Å². The van der Waals surface area contributed by atoms with Crippen molar-refractivity contribution in [3.05, 3.63) is 78.4 Å². The lowest BCUT2D eigenvalue weighted by Crippen LogP contribution is -1.84. The van der Waals surface area contributed by atoms with Crippen molar-refractivity contribution in [1.82, 2.24) is 0 Å². The number of hydrogen-bond acceptors (Lipinski definition) is 4. The Morgan fingerprint density at radius 1 is 0.739 bits per heavy atom. The molecule has 0 saturated carbocycles. The minimum Gasteiger partial charge on any atom is -0.507 e. The molecule has 0 fully saturated rings. The fourth-order valence-corrected chi connectivity index (χ4v) is 2.16. The van der Waals surface area contributed by atoms with Crippen molar-refractivity contribution >= 4 is 17.7 Å². The largest absolute Gasteiger partial charge is 0.507 e. The third-order valence-electron chi connectivity index (χ3n) is 3.39. The molecule has 0 heterocycles. The maximum Gasteiger partial charge on any atom is 0.153 e. The Hall–Kier alpha value is -3.27. The predicted octanol–water partition coefficient (Wildman–Crippen LogP) is 5.29. The monoisotopic (exact) mass is 302 g/mol. The molecule has 23 heavy (non-hydrogen) atoms. The highest BCUT2D eigenvalue weighted by Gasteiger charge is 2.03. The molecule has 3 aromatic rings. The number of nitrogens with zero attached hydrogens (tertiary/aromatic N) is 2. The molecule has 0 spiro atoms. The van der Waals surface area contributed by atoms with Crippen LogP contribution in [-0.2, 0) is 0 Å². The first-order valence-electron chi connectivity index (χ1n) is 7.12. The second-order valence-electron chi connectivity index (χ2n) is 4.97. The van der Waals surface area contributed by atoms with Crippen LogP contribution in [0.1, 0.15) is 10.4 Å². The summed E-state index contributed by atoms with van der Waals surface area (Å²) in [4.78, 5) is 10.9. The summed E-state index contributed by atoms with van der Waals surface area (Å²) in [7, 11) is 0. The third kappa shape index (κ3) is 3.49. The number of phenolic OH excluding ortho intramolecular Hbond substituents is 1. The van der Waals surface area contributed by atoms with E-state index in [9.17, 15) is 9.90 Å². The molecule has 0 amide bonds. The molecule has 0 bridgehead atoms. The topological polar surface area (TPSA) is 62.0 Å². The number of carbonyl (C=O) groups excluding carboxylic acids is 1. The maximum atomic E-state index is 10.9. The van der Waals surface area contributed by atoms with Crippen LogP contribution in [0.25, 0.3) is 11.1 Å². The molecule has 112 valence electrons. The predicted molar refractivity (Wildman–Crippen MR) is 89.5 cm³/mol. The van der Waals surface area contributed by atoms with Gasteiger partial charge in [-0.2, -0.15) is 10.2 Å². The zero-order valence-corrected chi connectivity index (χ0v) is 12.3. The summed E-state index contributed by atoms with van der Waals surface area (Å²) >= 11 is 0. The van der Waals surface area contributed by atoms with Crippen molar-refractivity contribution in [1.29, 1.82) is 0 Å². The van der Waals surface area contributed by atoms with Crippen molar-refractivity contribution in [2.45, 2.75) is 0 Å². The van der Waals surface area contributed by atoms with Gasteiger partial charge in [-0.3, -0.25) is 4.79 Å². The number of benzene rings is 3. The van der Waals surface area contributed by atoms with Crippen LogP contribution in [-0.4, -0.2) is 11.4 Å². The van der Waals surface area contributed by atoms with Gasteiger partial charge < -0.3 is 5.11 Å². The second-order valence-corrected chi connectivity index (χ2v) is 4.97. The molecule has 4 nitrogen and oxygen atoms in total. The molecule has 0 atom stereocenters. The summed E-state index contributed by atoms with van der Waals surface area (Å²) in [6, 6.07) is 22.0. The molecule has 0 aliphatic rings. The number of aldehydes is 1. The molecule has 1 N–H and O–H groups in total. The van der Waals surface area contributed by atoms with Gasteiger partial charge in [-0.15, -0.1) is 0 Å². The van der Waals surface area contributed by atoms with Crippen molar-refractivity contribution < 1.29 is 9.90 Å². The van der Waals surface area contributed by atoms with Crippen molar-refractivity contribution in [2.24, 2.45) is 10.2 Å². The normalized spacial score (nSPS) is 10.8. The zero-order chi connectivity index (χ0) is 16.1. The minimum absolute atomic E-state index is 0.0166. The van der Waals surface area contributed by atoms with E-state index >= 15 is 0 Å². The van der Waals surface area contributed by atoms with Gasteiger partial charge in [-0.1, -0.05) is 36.4 Å². The number of hydrogen-bond donors (Lipinski definition) is 1. The van der Waals surface area contributed by atoms with Crippen molar-refractivity contribution in [3.63, 3.8) is 0 Å². The summed E-state index contributed by atoms with van der Waals surface area (Å²) in [6.45, 7) is 0. The molecule has 4 heteroatoms. The van der Waals surface area contributed by atoms with Crippen molar-refractivity contribution in [3.8, 4) is 16.9 Å². The minimum atomic E-state index is -0.0166. The van der Waals surface area contributed by atoms with Gasteiger partial charge in [0.1, 0.15) is 5.75 Å². The average Bonchev–Trinajstić information content (AvgIpc) is 2.62. The van der Waals surface area contributed by atoms with Crippen molar-refractivity contribution in [2.75, 3.05) is 0 Å². The molecular formula is C19H14N2O2. The number of carbonyl (C=O) groups is 1. The van der Waals surface area contributed by atoms with Crippen LogP contribution in [0.5, 0.6) is 5.75 Å². The smallest absolute Gasteiger partial charge is 0.153 e. The van der Waals surface area contributed by atoms with Crippen LogP contribution in [0.4, 0.5) is 11.4 Å². The van der Waals surface area contributed by atoms with E-state index in [-0.39, 0.29) is 11.3 Å². The highest BCUT2D eigenvalue weighted by atomic mass is 16.3. The first-order valence-corrected chi connectivity index (χ1v) is 7.12. The summed E-state index contributed by atoms with van der Waals surface area (Å²) < 4.78 is 0. The van der Waals surface area contributed by atoms with Crippen LogP contribution in [0.15, 0.2) is 83.0 Å². The van der Waals surface area contributed by atoms with E-state index in [1.54, 1.807) is 12.1 Å². The lowest BCUT2D eigenvalue weighted by atomic mass is 10.0. The Labute approximate surface area is 133 Å². The quantitative estimate of drug-likeness (QED) is 0.526. The molecule has 0 aromatic heterocycles. The van der Waals surface area contributed by atoms with E-state index in [4.69, 9.17) is 0 Å². The van der Waals surface area contributed by atoms with Gasteiger partial charge in [-0.05, 0) is 47.5 Å². The number of azo groups is 1. The van der Waals surface area contributed by atoms with E-state index in [0.29, 0.717) is 6.29 Å². The highest BCUT2D eigenvalue weighted by Crippen LogP contribution is 2.27. The van der Waals surface area contributed by atoms with Crippen LogP contribution in [0, 0.1) is 0 Å². The van der Waals surface area contributed by atoms with Crippen LogP contribution in [0.2, 0.25) is 0 Å². The molecule has 3 aromatic carbocycles. The first-order chi connectivity index (χ1) is 11.3. The summed E-state index contributed by atoms with van der Waals surface area (Å²) in [5.41, 5.74) is 3.61. The van der Waals surface area contributed by atoms with E-state index in [0.717, 1.165) is 22.5 Å². The molecule has 0 aliphatic heterocycles. The standard InChI is InChI=1S/C19H14N2O2/c22-13-16-12-15(8-11-19(16)23)14-6-9-18(10-7-14)21-20-17-4-2-1-3-5-17/h1-13,23H/b21-20+. The summed E-state index contributed by atoms with van der Waals surface area (Å²) in [5, 5.41) is 17.9. The molecule has 0 saturated heterocycles. The van der Waals surface area contributed by atoms with E-state index in [1.807, 2.05) is 54.6 Å². The Kier molecular flexibility index (Phi) is 4.25. The summed E-state index contributed by atoms with van der Waals surface area (Å²) in [6.07, 6.45) is 0.640. The van der Waals surface area contributed by atoms with Gasteiger partial charge in [0.2, 0.25) is 0 Å². The Morgan fingerprint density at radius 3 is 2.00 bits per heavy atom. The van der Waals surface area contributed by atoms with Gasteiger partial charge in [0, 0.05) is 0 Å². The molecule has 0 aliphatic carbocycles.